The van der Waals surface area contributed by atoms with E-state index in [9.17, 15) is 13.2 Å². The largest absolute Gasteiger partial charge is 0.464 e. The summed E-state index contributed by atoms with van der Waals surface area (Å²) in [5.41, 5.74) is -0.679. The number of benzene rings is 1. The van der Waals surface area contributed by atoms with Crippen LogP contribution in [0.2, 0.25) is 5.02 Å². The third kappa shape index (κ3) is 6.34. The molecule has 5 nitrogen and oxygen atoms in total. The molecule has 1 aliphatic rings. The van der Waals surface area contributed by atoms with Gasteiger partial charge in [-0.3, -0.25) is 4.90 Å². The summed E-state index contributed by atoms with van der Waals surface area (Å²) in [6.07, 6.45) is -4.47. The van der Waals surface area contributed by atoms with Gasteiger partial charge < -0.3 is 19.4 Å². The molecule has 0 spiro atoms. The number of ether oxygens (including phenoxy) is 1. The third-order valence-electron chi connectivity index (χ3n) is 4.76. The molecule has 0 saturated carbocycles. The number of anilines is 1. The Bertz CT molecular complexity index is 869. The van der Waals surface area contributed by atoms with E-state index in [1.165, 1.54) is 6.07 Å². The van der Waals surface area contributed by atoms with Crippen LogP contribution in [0.1, 0.15) is 17.1 Å². The summed E-state index contributed by atoms with van der Waals surface area (Å²) >= 11 is 11.6. The van der Waals surface area contributed by atoms with Gasteiger partial charge in [0.1, 0.15) is 11.5 Å². The van der Waals surface area contributed by atoms with Crippen LogP contribution in [-0.4, -0.2) is 54.3 Å². The van der Waals surface area contributed by atoms with Crippen LogP contribution in [0.4, 0.5) is 18.9 Å². The molecule has 0 amide bonds. The van der Waals surface area contributed by atoms with E-state index in [1.54, 1.807) is 0 Å². The molecule has 2 heterocycles. The topological polar surface area (TPSA) is 40.9 Å². The molecular formula is C20H23ClF3N3O2S. The lowest BCUT2D eigenvalue weighted by molar-refractivity contribution is -0.137. The van der Waals surface area contributed by atoms with Crippen molar-refractivity contribution in [2.75, 3.05) is 44.7 Å². The van der Waals surface area contributed by atoms with E-state index >= 15 is 0 Å². The Hall–Kier alpha value is -1.81. The fourth-order valence-corrected chi connectivity index (χ4v) is 3.52. The van der Waals surface area contributed by atoms with Crippen LogP contribution < -0.4 is 5.32 Å². The van der Waals surface area contributed by atoms with Gasteiger partial charge in [-0.2, -0.15) is 13.2 Å². The summed E-state index contributed by atoms with van der Waals surface area (Å²) in [5.74, 6) is 1.49. The number of nitrogens with zero attached hydrogens (tertiary/aromatic N) is 2. The highest BCUT2D eigenvalue weighted by atomic mass is 35.5. The van der Waals surface area contributed by atoms with E-state index in [2.05, 4.69) is 10.2 Å². The van der Waals surface area contributed by atoms with E-state index in [1.807, 2.05) is 24.0 Å². The highest BCUT2D eigenvalue weighted by Gasteiger charge is 2.31. The van der Waals surface area contributed by atoms with Crippen molar-refractivity contribution in [2.24, 2.45) is 0 Å². The minimum Gasteiger partial charge on any atom is -0.464 e. The molecule has 0 atom stereocenters. The number of hydrogen-bond donors (Lipinski definition) is 1. The fourth-order valence-electron chi connectivity index (χ4n) is 3.09. The van der Waals surface area contributed by atoms with Gasteiger partial charge in [0.15, 0.2) is 5.11 Å². The second kappa shape index (κ2) is 10.00. The molecular weight excluding hydrogens is 439 g/mol. The Morgan fingerprint density at radius 1 is 1.23 bits per heavy atom. The number of halogens is 4. The van der Waals surface area contributed by atoms with Gasteiger partial charge in [0.2, 0.25) is 0 Å². The first-order valence-corrected chi connectivity index (χ1v) is 10.3. The average Bonchev–Trinajstić information content (AvgIpc) is 3.11. The van der Waals surface area contributed by atoms with E-state index in [0.29, 0.717) is 32.1 Å². The zero-order chi connectivity index (χ0) is 21.7. The minimum absolute atomic E-state index is 0.114. The molecule has 1 fully saturated rings. The third-order valence-corrected chi connectivity index (χ3v) is 5.44. The van der Waals surface area contributed by atoms with Gasteiger partial charge in [-0.1, -0.05) is 11.6 Å². The number of rotatable bonds is 6. The summed E-state index contributed by atoms with van der Waals surface area (Å²) in [7, 11) is 0. The van der Waals surface area contributed by atoms with E-state index in [4.69, 9.17) is 33.0 Å². The Labute approximate surface area is 183 Å². The Balaban J connectivity index is 1.73. The molecule has 10 heteroatoms. The van der Waals surface area contributed by atoms with Gasteiger partial charge in [-0.15, -0.1) is 0 Å². The second-order valence-electron chi connectivity index (χ2n) is 7.01. The van der Waals surface area contributed by atoms with Gasteiger partial charge in [0.05, 0.1) is 36.0 Å². The van der Waals surface area contributed by atoms with Crippen LogP contribution in [0, 0.1) is 6.92 Å². The number of nitrogens with one attached hydrogen (secondary N) is 1. The number of alkyl halides is 3. The zero-order valence-corrected chi connectivity index (χ0v) is 18.0. The highest BCUT2D eigenvalue weighted by Crippen LogP contribution is 2.34. The van der Waals surface area contributed by atoms with Crippen LogP contribution in [-0.2, 0) is 17.5 Å². The molecule has 3 rings (SSSR count). The molecule has 0 unspecified atom stereocenters. The average molecular weight is 462 g/mol. The normalized spacial score (nSPS) is 15.2. The first-order valence-electron chi connectivity index (χ1n) is 9.50. The molecule has 1 saturated heterocycles. The maximum absolute atomic E-state index is 13.1. The summed E-state index contributed by atoms with van der Waals surface area (Å²) in [6.45, 7) is 6.56. The van der Waals surface area contributed by atoms with Crippen molar-refractivity contribution in [3.05, 3.63) is 52.4 Å². The summed E-state index contributed by atoms with van der Waals surface area (Å²) < 4.78 is 50.2. The summed E-state index contributed by atoms with van der Waals surface area (Å²) in [4.78, 5) is 4.11. The van der Waals surface area contributed by atoms with Crippen LogP contribution in [0.5, 0.6) is 0 Å². The molecule has 0 aliphatic carbocycles. The van der Waals surface area contributed by atoms with Crippen LogP contribution in [0.3, 0.4) is 0 Å². The number of furan rings is 1. The van der Waals surface area contributed by atoms with Crippen molar-refractivity contribution in [1.29, 1.82) is 0 Å². The maximum atomic E-state index is 13.1. The molecule has 30 heavy (non-hydrogen) atoms. The Morgan fingerprint density at radius 3 is 2.60 bits per heavy atom. The summed E-state index contributed by atoms with van der Waals surface area (Å²) in [6, 6.07) is 6.83. The van der Waals surface area contributed by atoms with Gasteiger partial charge in [0.25, 0.3) is 0 Å². The zero-order valence-electron chi connectivity index (χ0n) is 16.5. The SMILES string of the molecule is Cc1ccc(CN(CCN2CCOCC2)C(=S)Nc2cc(C(F)(F)F)ccc2Cl)o1. The molecule has 1 aromatic heterocycles. The first-order chi connectivity index (χ1) is 14.2. The second-order valence-corrected chi connectivity index (χ2v) is 7.80. The van der Waals surface area contributed by atoms with Gasteiger partial charge in [0, 0.05) is 26.2 Å². The van der Waals surface area contributed by atoms with Crippen molar-refractivity contribution in [1.82, 2.24) is 9.80 Å². The van der Waals surface area contributed by atoms with Crippen LogP contribution >= 0.6 is 23.8 Å². The lowest BCUT2D eigenvalue weighted by Crippen LogP contribution is -2.43. The van der Waals surface area contributed by atoms with E-state index in [0.717, 1.165) is 37.5 Å². The lowest BCUT2D eigenvalue weighted by Gasteiger charge is -2.31. The van der Waals surface area contributed by atoms with Gasteiger partial charge >= 0.3 is 6.18 Å². The highest BCUT2D eigenvalue weighted by molar-refractivity contribution is 7.80. The Morgan fingerprint density at radius 2 is 1.97 bits per heavy atom. The predicted octanol–water partition coefficient (Wildman–Crippen LogP) is 4.79. The first kappa shape index (κ1) is 22.9. The molecule has 0 bridgehead atoms. The van der Waals surface area contributed by atoms with E-state index in [-0.39, 0.29) is 15.8 Å². The number of aryl methyl sites for hydroxylation is 1. The molecule has 164 valence electrons. The Kier molecular flexibility index (Phi) is 7.62. The van der Waals surface area contributed by atoms with Crippen molar-refractivity contribution < 1.29 is 22.3 Å². The predicted molar refractivity (Wildman–Crippen MR) is 114 cm³/mol. The molecule has 1 aliphatic heterocycles. The number of morpholine rings is 1. The smallest absolute Gasteiger partial charge is 0.416 e. The molecule has 1 N–H and O–H groups in total. The van der Waals surface area contributed by atoms with Crippen molar-refractivity contribution in [3.63, 3.8) is 0 Å². The standard InChI is InChI=1S/C20H23ClF3N3O2S/c1-14-2-4-16(29-14)13-27(7-6-26-8-10-28-11-9-26)19(30)25-18-12-15(20(22,23)24)3-5-17(18)21/h2-5,12H,6-11,13H2,1H3,(H,25,30). The fraction of sp³-hybridized carbons (Fsp3) is 0.450. The lowest BCUT2D eigenvalue weighted by atomic mass is 10.2. The molecule has 2 aromatic rings. The summed E-state index contributed by atoms with van der Waals surface area (Å²) in [5, 5.41) is 3.31. The van der Waals surface area contributed by atoms with Crippen molar-refractivity contribution in [2.45, 2.75) is 19.6 Å². The van der Waals surface area contributed by atoms with Gasteiger partial charge in [-0.05, 0) is 49.5 Å². The van der Waals surface area contributed by atoms with Crippen LogP contribution in [0.25, 0.3) is 0 Å². The molecule has 1 aromatic carbocycles. The maximum Gasteiger partial charge on any atom is 0.416 e. The van der Waals surface area contributed by atoms with Gasteiger partial charge in [-0.25, -0.2) is 0 Å². The van der Waals surface area contributed by atoms with Crippen molar-refractivity contribution >= 4 is 34.6 Å². The monoisotopic (exact) mass is 461 g/mol. The van der Waals surface area contributed by atoms with E-state index < -0.39 is 11.7 Å². The minimum atomic E-state index is -4.47. The molecule has 0 radical (unpaired) electrons. The quantitative estimate of drug-likeness (QED) is 0.624. The number of hydrogen-bond acceptors (Lipinski definition) is 4. The van der Waals surface area contributed by atoms with Crippen molar-refractivity contribution in [3.8, 4) is 0 Å². The van der Waals surface area contributed by atoms with Crippen LogP contribution in [0.15, 0.2) is 34.7 Å². The number of thiocarbonyl (C=S) groups is 1.